The summed E-state index contributed by atoms with van der Waals surface area (Å²) in [4.78, 5) is 23.7. The van der Waals surface area contributed by atoms with Gasteiger partial charge in [0, 0.05) is 23.1 Å². The number of carboxylic acids is 1. The van der Waals surface area contributed by atoms with Crippen molar-refractivity contribution in [3.8, 4) is 0 Å². The maximum atomic E-state index is 12.4. The van der Waals surface area contributed by atoms with Crippen molar-refractivity contribution >= 4 is 27.8 Å². The highest BCUT2D eigenvalue weighted by atomic mass is 79.9. The first-order chi connectivity index (χ1) is 10.5. The summed E-state index contributed by atoms with van der Waals surface area (Å²) < 4.78 is 6.45. The van der Waals surface area contributed by atoms with Crippen LogP contribution in [0, 0.1) is 13.8 Å². The lowest BCUT2D eigenvalue weighted by molar-refractivity contribution is -0.140. The van der Waals surface area contributed by atoms with Crippen LogP contribution >= 0.6 is 15.9 Å². The third kappa shape index (κ3) is 6.31. The summed E-state index contributed by atoms with van der Waals surface area (Å²) >= 11 is 3.41. The van der Waals surface area contributed by atoms with Crippen molar-refractivity contribution in [1.82, 2.24) is 5.32 Å². The number of hydrogen-bond donors (Lipinski definition) is 2. The minimum absolute atomic E-state index is 0.215. The second kappa shape index (κ2) is 7.93. The highest BCUT2D eigenvalue weighted by Gasteiger charge is 2.22. The number of rotatable bonds is 6. The van der Waals surface area contributed by atoms with E-state index in [0.29, 0.717) is 5.56 Å². The maximum Gasteiger partial charge on any atom is 0.326 e. The molecular weight excluding hydrogens is 362 g/mol. The van der Waals surface area contributed by atoms with E-state index in [-0.39, 0.29) is 24.5 Å². The zero-order valence-corrected chi connectivity index (χ0v) is 15.8. The summed E-state index contributed by atoms with van der Waals surface area (Å²) in [7, 11) is 0. The molecule has 0 radical (unpaired) electrons. The molecule has 0 bridgehead atoms. The fourth-order valence-corrected chi connectivity index (χ4v) is 2.46. The van der Waals surface area contributed by atoms with Gasteiger partial charge < -0.3 is 15.2 Å². The summed E-state index contributed by atoms with van der Waals surface area (Å²) in [5.41, 5.74) is 1.85. The molecular formula is C17H24BrNO4. The maximum absolute atomic E-state index is 12.4. The van der Waals surface area contributed by atoms with Gasteiger partial charge in [-0.15, -0.1) is 0 Å². The Labute approximate surface area is 145 Å². The summed E-state index contributed by atoms with van der Waals surface area (Å²) in [5, 5.41) is 11.9. The van der Waals surface area contributed by atoms with Gasteiger partial charge in [-0.2, -0.15) is 0 Å². The largest absolute Gasteiger partial charge is 0.480 e. The fourth-order valence-electron chi connectivity index (χ4n) is 2.00. The van der Waals surface area contributed by atoms with Crippen LogP contribution < -0.4 is 5.32 Å². The van der Waals surface area contributed by atoms with Gasteiger partial charge >= 0.3 is 5.97 Å². The number of ether oxygens (including phenoxy) is 1. The van der Waals surface area contributed by atoms with Crippen LogP contribution in [0.5, 0.6) is 0 Å². The average Bonchev–Trinajstić information content (AvgIpc) is 2.40. The van der Waals surface area contributed by atoms with Crippen LogP contribution in [-0.4, -0.2) is 35.2 Å². The van der Waals surface area contributed by atoms with Gasteiger partial charge in [-0.05, 0) is 57.9 Å². The lowest BCUT2D eigenvalue weighted by Crippen LogP contribution is -2.42. The number of hydrogen-bond acceptors (Lipinski definition) is 3. The monoisotopic (exact) mass is 385 g/mol. The Kier molecular flexibility index (Phi) is 6.77. The van der Waals surface area contributed by atoms with E-state index in [4.69, 9.17) is 4.74 Å². The number of carbonyl (C=O) groups excluding carboxylic acids is 1. The molecule has 1 aromatic rings. The van der Waals surface area contributed by atoms with Gasteiger partial charge in [0.05, 0.1) is 5.60 Å². The molecule has 2 N–H and O–H groups in total. The predicted molar refractivity (Wildman–Crippen MR) is 92.8 cm³/mol. The Bertz CT molecular complexity index is 593. The highest BCUT2D eigenvalue weighted by molar-refractivity contribution is 9.10. The molecule has 0 fully saturated rings. The first-order valence-electron chi connectivity index (χ1n) is 7.45. The first kappa shape index (κ1) is 19.6. The zero-order chi connectivity index (χ0) is 17.8. The molecule has 0 aliphatic rings. The molecule has 1 unspecified atom stereocenters. The lowest BCUT2D eigenvalue weighted by Gasteiger charge is -2.21. The minimum atomic E-state index is -1.07. The van der Waals surface area contributed by atoms with E-state index in [1.807, 2.05) is 40.7 Å². The van der Waals surface area contributed by atoms with Gasteiger partial charge in [-0.25, -0.2) is 4.79 Å². The molecule has 0 aliphatic carbocycles. The Morgan fingerprint density at radius 2 is 1.87 bits per heavy atom. The molecule has 1 rings (SSSR count). The van der Waals surface area contributed by atoms with E-state index in [1.165, 1.54) is 0 Å². The van der Waals surface area contributed by atoms with Crippen LogP contribution in [0.25, 0.3) is 0 Å². The SMILES string of the molecule is Cc1cc(C(=O)NC(CCOC(C)(C)C)C(=O)O)c(C)cc1Br. The third-order valence-corrected chi connectivity index (χ3v) is 4.15. The normalized spacial score (nSPS) is 12.8. The second-order valence-electron chi connectivity index (χ2n) is 6.53. The minimum Gasteiger partial charge on any atom is -0.480 e. The van der Waals surface area contributed by atoms with Gasteiger partial charge in [-0.3, -0.25) is 4.79 Å². The number of carbonyl (C=O) groups is 2. The Morgan fingerprint density at radius 3 is 2.39 bits per heavy atom. The van der Waals surface area contributed by atoms with Gasteiger partial charge in [0.15, 0.2) is 0 Å². The van der Waals surface area contributed by atoms with Crippen molar-refractivity contribution < 1.29 is 19.4 Å². The molecule has 0 saturated carbocycles. The van der Waals surface area contributed by atoms with Crippen LogP contribution in [-0.2, 0) is 9.53 Å². The highest BCUT2D eigenvalue weighted by Crippen LogP contribution is 2.21. The number of aliphatic carboxylic acids is 1. The fraction of sp³-hybridized carbons (Fsp3) is 0.529. The summed E-state index contributed by atoms with van der Waals surface area (Å²) in [5.74, 6) is -1.45. The van der Waals surface area contributed by atoms with E-state index in [9.17, 15) is 14.7 Å². The number of aryl methyl sites for hydroxylation is 2. The lowest BCUT2D eigenvalue weighted by atomic mass is 10.0. The molecule has 1 aromatic carbocycles. The summed E-state index contributed by atoms with van der Waals surface area (Å²) in [6, 6.07) is 2.62. The number of benzene rings is 1. The number of halogens is 1. The average molecular weight is 386 g/mol. The van der Waals surface area contributed by atoms with Crippen molar-refractivity contribution in [2.45, 2.75) is 52.7 Å². The van der Waals surface area contributed by atoms with Gasteiger partial charge in [0.1, 0.15) is 6.04 Å². The molecule has 0 heterocycles. The van der Waals surface area contributed by atoms with E-state index >= 15 is 0 Å². The van der Waals surface area contributed by atoms with Gasteiger partial charge in [0.25, 0.3) is 5.91 Å². The van der Waals surface area contributed by atoms with Crippen LogP contribution in [0.1, 0.15) is 48.7 Å². The van der Waals surface area contributed by atoms with Crippen LogP contribution in [0.4, 0.5) is 0 Å². The molecule has 5 nitrogen and oxygen atoms in total. The molecule has 128 valence electrons. The topological polar surface area (TPSA) is 75.6 Å². The van der Waals surface area contributed by atoms with Gasteiger partial charge in [-0.1, -0.05) is 15.9 Å². The van der Waals surface area contributed by atoms with Crippen LogP contribution in [0.15, 0.2) is 16.6 Å². The van der Waals surface area contributed by atoms with Crippen molar-refractivity contribution in [1.29, 1.82) is 0 Å². The number of carboxylic acid groups (broad SMARTS) is 1. The third-order valence-electron chi connectivity index (χ3n) is 3.30. The van der Waals surface area contributed by atoms with Crippen molar-refractivity contribution in [3.05, 3.63) is 33.3 Å². The standard InChI is InChI=1S/C17H24BrNO4/c1-10-9-13(18)11(2)8-12(10)15(20)19-14(16(21)22)6-7-23-17(3,4)5/h8-9,14H,6-7H2,1-5H3,(H,19,20)(H,21,22). The molecule has 0 spiro atoms. The zero-order valence-electron chi connectivity index (χ0n) is 14.2. The molecule has 0 aromatic heterocycles. The van der Waals surface area contributed by atoms with Crippen molar-refractivity contribution in [2.75, 3.05) is 6.61 Å². The summed E-state index contributed by atoms with van der Waals surface area (Å²) in [6.45, 7) is 9.66. The molecule has 1 atom stereocenters. The van der Waals surface area contributed by atoms with Gasteiger partial charge in [0.2, 0.25) is 0 Å². The van der Waals surface area contributed by atoms with E-state index < -0.39 is 12.0 Å². The molecule has 6 heteroatoms. The molecule has 1 amide bonds. The van der Waals surface area contributed by atoms with E-state index in [2.05, 4.69) is 21.2 Å². The number of nitrogens with one attached hydrogen (secondary N) is 1. The Balaban J connectivity index is 2.79. The quantitative estimate of drug-likeness (QED) is 0.785. The smallest absolute Gasteiger partial charge is 0.326 e. The van der Waals surface area contributed by atoms with E-state index in [1.54, 1.807) is 6.07 Å². The molecule has 23 heavy (non-hydrogen) atoms. The molecule has 0 aliphatic heterocycles. The first-order valence-corrected chi connectivity index (χ1v) is 8.25. The van der Waals surface area contributed by atoms with Crippen LogP contribution in [0.2, 0.25) is 0 Å². The Hall–Kier alpha value is -1.40. The number of amides is 1. The van der Waals surface area contributed by atoms with E-state index in [0.717, 1.165) is 15.6 Å². The second-order valence-corrected chi connectivity index (χ2v) is 7.38. The Morgan fingerprint density at radius 1 is 1.26 bits per heavy atom. The predicted octanol–water partition coefficient (Wildman–Crippen LogP) is 3.45. The van der Waals surface area contributed by atoms with Crippen LogP contribution in [0.3, 0.4) is 0 Å². The summed E-state index contributed by atoms with van der Waals surface area (Å²) in [6.07, 6.45) is 0.215. The van der Waals surface area contributed by atoms with Crippen molar-refractivity contribution in [2.24, 2.45) is 0 Å². The van der Waals surface area contributed by atoms with Crippen molar-refractivity contribution in [3.63, 3.8) is 0 Å². The molecule has 0 saturated heterocycles.